The van der Waals surface area contributed by atoms with E-state index >= 15 is 0 Å². The van der Waals surface area contributed by atoms with Crippen molar-refractivity contribution in [2.75, 3.05) is 6.54 Å². The fourth-order valence-electron chi connectivity index (χ4n) is 2.50. The van der Waals surface area contributed by atoms with Gasteiger partial charge < -0.3 is 9.88 Å². The lowest BCUT2D eigenvalue weighted by atomic mass is 10.1. The van der Waals surface area contributed by atoms with E-state index in [0.717, 1.165) is 36.0 Å². The number of aromatic nitrogens is 5. The number of pyridine rings is 1. The van der Waals surface area contributed by atoms with Gasteiger partial charge in [-0.1, -0.05) is 0 Å². The van der Waals surface area contributed by atoms with Crippen LogP contribution >= 0.6 is 11.3 Å². The second kappa shape index (κ2) is 4.77. The molecule has 4 rings (SSSR count). The fourth-order valence-corrected chi connectivity index (χ4v) is 3.03. The van der Waals surface area contributed by atoms with Gasteiger partial charge in [-0.25, -0.2) is 4.98 Å². The Morgan fingerprint density at radius 3 is 2.95 bits per heavy atom. The largest absolute Gasteiger partial charge is 0.307 e. The maximum Gasteiger partial charge on any atom is 0.183 e. The smallest absolute Gasteiger partial charge is 0.183 e. The molecule has 1 unspecified atom stereocenters. The van der Waals surface area contributed by atoms with Gasteiger partial charge in [0.25, 0.3) is 0 Å². The zero-order valence-corrected chi connectivity index (χ0v) is 11.4. The molecule has 1 N–H and O–H groups in total. The van der Waals surface area contributed by atoms with Crippen molar-refractivity contribution in [1.82, 2.24) is 30.0 Å². The van der Waals surface area contributed by atoms with E-state index in [1.165, 1.54) is 0 Å². The van der Waals surface area contributed by atoms with Crippen LogP contribution < -0.4 is 5.32 Å². The Balaban J connectivity index is 1.80. The second-order valence-electron chi connectivity index (χ2n) is 4.57. The lowest BCUT2D eigenvalue weighted by Crippen LogP contribution is -2.34. The van der Waals surface area contributed by atoms with Crippen LogP contribution in [0, 0.1) is 0 Å². The molecule has 1 aliphatic heterocycles. The van der Waals surface area contributed by atoms with Crippen molar-refractivity contribution >= 4 is 11.3 Å². The van der Waals surface area contributed by atoms with Gasteiger partial charge >= 0.3 is 0 Å². The number of thiazole rings is 1. The molecule has 7 heteroatoms. The minimum Gasteiger partial charge on any atom is -0.307 e. The molecule has 0 saturated heterocycles. The summed E-state index contributed by atoms with van der Waals surface area (Å²) < 4.78 is 2.15. The maximum atomic E-state index is 4.37. The van der Waals surface area contributed by atoms with Crippen molar-refractivity contribution < 1.29 is 0 Å². The zero-order valence-electron chi connectivity index (χ0n) is 10.6. The van der Waals surface area contributed by atoms with E-state index in [2.05, 4.69) is 30.0 Å². The van der Waals surface area contributed by atoms with E-state index < -0.39 is 0 Å². The number of hydrogen-bond donors (Lipinski definition) is 1. The van der Waals surface area contributed by atoms with Crippen molar-refractivity contribution in [3.05, 3.63) is 46.8 Å². The summed E-state index contributed by atoms with van der Waals surface area (Å²) in [6, 6.07) is 4.07. The third kappa shape index (κ3) is 1.83. The molecule has 20 heavy (non-hydrogen) atoms. The highest BCUT2D eigenvalue weighted by Gasteiger charge is 2.26. The highest BCUT2D eigenvalue weighted by Crippen LogP contribution is 2.27. The van der Waals surface area contributed by atoms with Crippen LogP contribution in [0.25, 0.3) is 11.5 Å². The number of hydrogen-bond acceptors (Lipinski definition) is 6. The van der Waals surface area contributed by atoms with E-state index in [0.29, 0.717) is 0 Å². The summed E-state index contributed by atoms with van der Waals surface area (Å²) in [5.41, 5.74) is 3.86. The first-order valence-corrected chi connectivity index (χ1v) is 7.33. The summed E-state index contributed by atoms with van der Waals surface area (Å²) in [5.74, 6) is 1.78. The molecule has 3 aromatic heterocycles. The normalized spacial score (nSPS) is 17.9. The zero-order chi connectivity index (χ0) is 13.4. The van der Waals surface area contributed by atoms with Gasteiger partial charge in [0.15, 0.2) is 11.6 Å². The molecular weight excluding hydrogens is 272 g/mol. The monoisotopic (exact) mass is 284 g/mol. The van der Waals surface area contributed by atoms with Gasteiger partial charge in [0.2, 0.25) is 0 Å². The summed E-state index contributed by atoms with van der Waals surface area (Å²) in [6.45, 7) is 1.74. The first-order valence-electron chi connectivity index (χ1n) is 6.38. The van der Waals surface area contributed by atoms with Gasteiger partial charge in [-0.15, -0.1) is 21.5 Å². The van der Waals surface area contributed by atoms with Crippen molar-refractivity contribution in [2.45, 2.75) is 12.6 Å². The fraction of sp³-hybridized carbons (Fsp3) is 0.231. The standard InChI is InChI=1S/C13H12N6S/c1-3-14-4-2-9(1)11-13-18-17-12(10-7-20-8-16-10)19(13)6-5-15-11/h1-4,7-8,11,15H,5-6H2. The summed E-state index contributed by atoms with van der Waals surface area (Å²) in [4.78, 5) is 8.39. The Labute approximate surface area is 119 Å². The minimum absolute atomic E-state index is 0.0617. The number of fused-ring (bicyclic) bond motifs is 1. The first-order chi connectivity index (χ1) is 9.93. The molecule has 0 radical (unpaired) electrons. The minimum atomic E-state index is 0.0617. The van der Waals surface area contributed by atoms with Crippen LogP contribution in [0.2, 0.25) is 0 Å². The quantitative estimate of drug-likeness (QED) is 0.772. The van der Waals surface area contributed by atoms with Crippen LogP contribution in [-0.2, 0) is 6.54 Å². The van der Waals surface area contributed by atoms with Crippen LogP contribution in [0.3, 0.4) is 0 Å². The Kier molecular flexibility index (Phi) is 2.79. The average molecular weight is 284 g/mol. The van der Waals surface area contributed by atoms with E-state index in [1.807, 2.05) is 23.0 Å². The average Bonchev–Trinajstić information content (AvgIpc) is 3.16. The molecule has 1 atom stereocenters. The molecular formula is C13H12N6S. The van der Waals surface area contributed by atoms with Crippen molar-refractivity contribution in [3.8, 4) is 11.5 Å². The van der Waals surface area contributed by atoms with E-state index in [9.17, 15) is 0 Å². The number of rotatable bonds is 2. The Morgan fingerprint density at radius 1 is 1.25 bits per heavy atom. The summed E-state index contributed by atoms with van der Waals surface area (Å²) >= 11 is 1.57. The van der Waals surface area contributed by atoms with Crippen LogP contribution in [-0.4, -0.2) is 31.3 Å². The molecule has 0 spiro atoms. The topological polar surface area (TPSA) is 68.5 Å². The molecule has 0 bridgehead atoms. The molecule has 0 fully saturated rings. The Morgan fingerprint density at radius 2 is 2.15 bits per heavy atom. The molecule has 0 aromatic carbocycles. The van der Waals surface area contributed by atoms with Crippen LogP contribution in [0.1, 0.15) is 17.4 Å². The van der Waals surface area contributed by atoms with Gasteiger partial charge in [0, 0.05) is 30.9 Å². The SMILES string of the molecule is c1cc(C2NCCn3c(-c4cscn4)nnc32)ccn1. The highest BCUT2D eigenvalue weighted by molar-refractivity contribution is 7.07. The van der Waals surface area contributed by atoms with Gasteiger partial charge in [-0.2, -0.15) is 0 Å². The van der Waals surface area contributed by atoms with E-state index in [-0.39, 0.29) is 6.04 Å². The van der Waals surface area contributed by atoms with Crippen molar-refractivity contribution in [3.63, 3.8) is 0 Å². The highest BCUT2D eigenvalue weighted by atomic mass is 32.1. The van der Waals surface area contributed by atoms with Gasteiger partial charge in [0.05, 0.1) is 11.6 Å². The summed E-state index contributed by atoms with van der Waals surface area (Å²) in [7, 11) is 0. The number of nitrogens with zero attached hydrogens (tertiary/aromatic N) is 5. The van der Waals surface area contributed by atoms with Crippen LogP contribution in [0.4, 0.5) is 0 Å². The second-order valence-corrected chi connectivity index (χ2v) is 5.29. The Bertz CT molecular complexity index is 706. The molecule has 1 aliphatic rings. The lowest BCUT2D eigenvalue weighted by Gasteiger charge is -2.25. The van der Waals surface area contributed by atoms with Crippen molar-refractivity contribution in [1.29, 1.82) is 0 Å². The molecule has 4 heterocycles. The predicted molar refractivity (Wildman–Crippen MR) is 75.2 cm³/mol. The molecule has 6 nitrogen and oxygen atoms in total. The summed E-state index contributed by atoms with van der Waals surface area (Å²) in [5, 5.41) is 14.2. The van der Waals surface area contributed by atoms with Gasteiger partial charge in [0.1, 0.15) is 5.69 Å². The first kappa shape index (κ1) is 11.7. The molecule has 3 aromatic rings. The van der Waals surface area contributed by atoms with E-state index in [1.54, 1.807) is 23.7 Å². The van der Waals surface area contributed by atoms with Crippen LogP contribution in [0.15, 0.2) is 35.4 Å². The molecule has 0 aliphatic carbocycles. The maximum absolute atomic E-state index is 4.37. The molecule has 0 amide bonds. The van der Waals surface area contributed by atoms with Crippen molar-refractivity contribution in [2.24, 2.45) is 0 Å². The van der Waals surface area contributed by atoms with Gasteiger partial charge in [-0.05, 0) is 17.7 Å². The number of nitrogens with one attached hydrogen (secondary N) is 1. The third-order valence-electron chi connectivity index (χ3n) is 3.42. The van der Waals surface area contributed by atoms with E-state index in [4.69, 9.17) is 0 Å². The van der Waals surface area contributed by atoms with Crippen LogP contribution in [0.5, 0.6) is 0 Å². The predicted octanol–water partition coefficient (Wildman–Crippen LogP) is 1.49. The molecule has 0 saturated carbocycles. The molecule has 100 valence electrons. The summed E-state index contributed by atoms with van der Waals surface area (Å²) in [6.07, 6.45) is 3.60. The lowest BCUT2D eigenvalue weighted by molar-refractivity contribution is 0.457. The third-order valence-corrected chi connectivity index (χ3v) is 4.01. The van der Waals surface area contributed by atoms with Gasteiger partial charge in [-0.3, -0.25) is 4.98 Å². The Hall–Kier alpha value is -2.12.